The Morgan fingerprint density at radius 2 is 1.58 bits per heavy atom. The first kappa shape index (κ1) is 22.5. The monoisotopic (exact) mass is 368 g/mol. The van der Waals surface area contributed by atoms with E-state index >= 15 is 0 Å². The molecule has 0 aliphatic heterocycles. The van der Waals surface area contributed by atoms with Crippen molar-refractivity contribution in [3.8, 4) is 24.6 Å². The quantitative estimate of drug-likeness (QED) is 0.419. The fourth-order valence-electron chi connectivity index (χ4n) is 1.99. The first-order valence-electron chi connectivity index (χ1n) is 7.19. The van der Waals surface area contributed by atoms with Gasteiger partial charge in [-0.1, -0.05) is 30.3 Å². The number of hydrogen-bond donors (Lipinski definition) is 1. The lowest BCUT2D eigenvalue weighted by Crippen LogP contribution is -1.95. The molecular formula is C19H20N4O2S. The van der Waals surface area contributed by atoms with Crippen LogP contribution < -0.4 is 15.3 Å². The molecule has 1 aromatic heterocycles. The normalized spacial score (nSPS) is 8.35. The molecule has 0 unspecified atom stereocenters. The molecule has 0 saturated heterocycles. The van der Waals surface area contributed by atoms with Gasteiger partial charge in [-0.3, -0.25) is 0 Å². The molecule has 0 aliphatic carbocycles. The van der Waals surface area contributed by atoms with Gasteiger partial charge >= 0.3 is 0 Å². The lowest BCUT2D eigenvalue weighted by Gasteiger charge is -2.08. The lowest BCUT2D eigenvalue weighted by molar-refractivity contribution is 0.287. The zero-order valence-corrected chi connectivity index (χ0v) is 15.2. The van der Waals surface area contributed by atoms with Gasteiger partial charge in [0.25, 0.3) is 0 Å². The molecule has 0 atom stereocenters. The summed E-state index contributed by atoms with van der Waals surface area (Å²) in [6.07, 6.45) is 0. The second-order valence-electron chi connectivity index (χ2n) is 4.37. The number of thiophene rings is 1. The molecule has 0 aliphatic rings. The average Bonchev–Trinajstić information content (AvgIpc) is 3.13. The largest absolute Gasteiger partial charge is 0.493 e. The molecule has 3 rings (SSSR count). The van der Waals surface area contributed by atoms with Crippen LogP contribution in [0.1, 0.15) is 4.88 Å². The van der Waals surface area contributed by atoms with Gasteiger partial charge in [0.2, 0.25) is 0 Å². The number of nitrogens with two attached hydrogens (primary N) is 1. The van der Waals surface area contributed by atoms with Crippen LogP contribution in [0.4, 0.5) is 0 Å². The maximum Gasteiger partial charge on any atom is 0.161 e. The number of fused-ring (bicyclic) bond motifs is 1. The predicted molar refractivity (Wildman–Crippen MR) is 106 cm³/mol. The Hall–Kier alpha value is -3.55. The van der Waals surface area contributed by atoms with Crippen LogP contribution in [0, 0.1) is 23.7 Å². The summed E-state index contributed by atoms with van der Waals surface area (Å²) in [6, 6.07) is 18.3. The highest BCUT2D eigenvalue weighted by Gasteiger charge is 2.05. The molecular weight excluding hydrogens is 348 g/mol. The molecule has 2 aromatic carbocycles. The summed E-state index contributed by atoms with van der Waals surface area (Å²) >= 11 is 1.76. The Bertz CT molecular complexity index is 789. The van der Waals surface area contributed by atoms with Gasteiger partial charge in [-0.2, -0.15) is 5.10 Å². The fraction of sp³-hybridized carbons (Fsp3) is 0.105. The van der Waals surface area contributed by atoms with Gasteiger partial charge < -0.3 is 15.3 Å². The molecule has 3 aromatic rings. The van der Waals surface area contributed by atoms with Crippen LogP contribution >= 0.6 is 11.3 Å². The van der Waals surface area contributed by atoms with E-state index in [0.29, 0.717) is 6.61 Å². The van der Waals surface area contributed by atoms with Crippen LogP contribution in [-0.4, -0.2) is 13.8 Å². The molecule has 0 amide bonds. The minimum atomic E-state index is 0.569. The van der Waals surface area contributed by atoms with Crippen molar-refractivity contribution < 1.29 is 9.47 Å². The van der Waals surface area contributed by atoms with Crippen molar-refractivity contribution in [2.45, 2.75) is 6.61 Å². The number of hydrogen-bond acceptors (Lipinski definition) is 7. The Labute approximate surface area is 157 Å². The highest BCUT2D eigenvalue weighted by molar-refractivity contribution is 7.19. The minimum Gasteiger partial charge on any atom is -0.493 e. The van der Waals surface area contributed by atoms with Crippen molar-refractivity contribution >= 4 is 28.1 Å². The molecule has 0 spiro atoms. The van der Waals surface area contributed by atoms with Gasteiger partial charge in [0.15, 0.2) is 11.5 Å². The van der Waals surface area contributed by atoms with Gasteiger partial charge in [-0.15, -0.1) is 11.3 Å². The highest BCUT2D eigenvalue weighted by atomic mass is 32.1. The topological polar surface area (TPSA) is 104 Å². The number of nitrogens with zero attached hydrogens (tertiary/aromatic N) is 3. The molecule has 7 heteroatoms. The standard InChI is InChI=1S/C16H14O2S.CH4N2.2CHN/c1-17-14-7-3-4-8-15(14)18-11-13-10-12-6-2-5-9-16(12)19-13;1-3-2;2*1-2/h2-10H,11H2,1H3;1-2H2;2*1H. The van der Waals surface area contributed by atoms with Crippen molar-refractivity contribution in [1.82, 2.24) is 0 Å². The Kier molecular flexibility index (Phi) is 12.0. The Morgan fingerprint density at radius 3 is 2.15 bits per heavy atom. The van der Waals surface area contributed by atoms with Crippen LogP contribution in [0.5, 0.6) is 11.5 Å². The molecule has 2 N–H and O–H groups in total. The van der Waals surface area contributed by atoms with Gasteiger partial charge in [-0.25, -0.2) is 10.5 Å². The smallest absolute Gasteiger partial charge is 0.161 e. The van der Waals surface area contributed by atoms with Crippen LogP contribution in [0.15, 0.2) is 59.7 Å². The molecule has 0 bridgehead atoms. The summed E-state index contributed by atoms with van der Waals surface area (Å²) in [4.78, 5) is 1.21. The lowest BCUT2D eigenvalue weighted by atomic mass is 10.2. The van der Waals surface area contributed by atoms with E-state index in [1.807, 2.05) is 24.3 Å². The van der Waals surface area contributed by atoms with Crippen molar-refractivity contribution in [3.05, 3.63) is 59.5 Å². The van der Waals surface area contributed by atoms with E-state index in [4.69, 9.17) is 20.0 Å². The Morgan fingerprint density at radius 1 is 1.04 bits per heavy atom. The zero-order chi connectivity index (χ0) is 19.8. The van der Waals surface area contributed by atoms with E-state index in [1.54, 1.807) is 18.4 Å². The summed E-state index contributed by atoms with van der Waals surface area (Å²) in [5.41, 5.74) is 0. The molecule has 26 heavy (non-hydrogen) atoms. The van der Waals surface area contributed by atoms with Crippen LogP contribution in [0.2, 0.25) is 0 Å². The van der Waals surface area contributed by atoms with E-state index in [-0.39, 0.29) is 0 Å². The van der Waals surface area contributed by atoms with Gasteiger partial charge in [0.05, 0.1) is 7.11 Å². The summed E-state index contributed by atoms with van der Waals surface area (Å²) < 4.78 is 12.4. The molecule has 134 valence electrons. The van der Waals surface area contributed by atoms with E-state index in [9.17, 15) is 0 Å². The third-order valence-corrected chi connectivity index (χ3v) is 4.01. The number of nitriles is 2. The zero-order valence-electron chi connectivity index (χ0n) is 14.4. The van der Waals surface area contributed by atoms with E-state index in [1.165, 1.54) is 15.0 Å². The van der Waals surface area contributed by atoms with Crippen molar-refractivity contribution in [2.75, 3.05) is 7.11 Å². The van der Waals surface area contributed by atoms with Crippen LogP contribution in [0.3, 0.4) is 0 Å². The van der Waals surface area contributed by atoms with Crippen molar-refractivity contribution in [2.24, 2.45) is 10.9 Å². The van der Waals surface area contributed by atoms with Crippen LogP contribution in [-0.2, 0) is 6.61 Å². The fourth-order valence-corrected chi connectivity index (χ4v) is 2.97. The minimum absolute atomic E-state index is 0.569. The number of benzene rings is 2. The average molecular weight is 368 g/mol. The van der Waals surface area contributed by atoms with E-state index in [2.05, 4.69) is 61.1 Å². The molecule has 0 saturated carbocycles. The SMILES string of the molecule is C#N.C#N.C=NN.COc1ccccc1OCc1cc2ccccc2s1. The number of para-hydroxylation sites is 2. The summed E-state index contributed by atoms with van der Waals surface area (Å²) in [5, 5.41) is 17.0. The maximum atomic E-state index is 6.50. The second-order valence-corrected chi connectivity index (χ2v) is 5.54. The number of ether oxygens (including phenoxy) is 2. The first-order chi connectivity index (χ1) is 12.8. The molecule has 0 fully saturated rings. The first-order valence-corrected chi connectivity index (χ1v) is 8.01. The van der Waals surface area contributed by atoms with Gasteiger partial charge in [-0.05, 0) is 29.7 Å². The number of rotatable bonds is 4. The number of methoxy groups -OCH3 is 1. The highest BCUT2D eigenvalue weighted by Crippen LogP contribution is 2.29. The Balaban J connectivity index is 0.000000793. The summed E-state index contributed by atoms with van der Waals surface area (Å²) in [5.74, 6) is 5.91. The third-order valence-electron chi connectivity index (χ3n) is 2.92. The maximum absolute atomic E-state index is 6.50. The predicted octanol–water partition coefficient (Wildman–Crippen LogP) is 4.33. The van der Waals surface area contributed by atoms with Crippen LogP contribution in [0.25, 0.3) is 10.1 Å². The summed E-state index contributed by atoms with van der Waals surface area (Å²) in [7, 11) is 1.65. The second kappa shape index (κ2) is 13.8. The van der Waals surface area contributed by atoms with Gasteiger partial charge in [0.1, 0.15) is 6.61 Å². The number of hydrazone groups is 1. The van der Waals surface area contributed by atoms with Crippen molar-refractivity contribution in [3.63, 3.8) is 0 Å². The van der Waals surface area contributed by atoms with Crippen molar-refractivity contribution in [1.29, 1.82) is 10.5 Å². The molecule has 1 heterocycles. The third kappa shape index (κ3) is 6.91. The van der Waals surface area contributed by atoms with E-state index in [0.717, 1.165) is 11.5 Å². The molecule has 0 radical (unpaired) electrons. The molecule has 6 nitrogen and oxygen atoms in total. The van der Waals surface area contributed by atoms with E-state index < -0.39 is 0 Å². The summed E-state index contributed by atoms with van der Waals surface area (Å²) in [6.45, 7) is 10.5. The van der Waals surface area contributed by atoms with Gasteiger partial charge in [0, 0.05) is 29.4 Å².